The van der Waals surface area contributed by atoms with Gasteiger partial charge in [-0.2, -0.15) is 0 Å². The third kappa shape index (κ3) is 5.02. The first-order chi connectivity index (χ1) is 14.6. The van der Waals surface area contributed by atoms with Crippen LogP contribution < -0.4 is 4.74 Å². The van der Waals surface area contributed by atoms with Gasteiger partial charge in [0, 0.05) is 22.7 Å². The first-order valence-electron chi connectivity index (χ1n) is 9.32. The van der Waals surface area contributed by atoms with Crippen molar-refractivity contribution in [3.63, 3.8) is 0 Å². The fourth-order valence-electron chi connectivity index (χ4n) is 2.94. The molecule has 0 bridgehead atoms. The number of aryl methyl sites for hydroxylation is 1. The topological polar surface area (TPSA) is 59.4 Å². The molecule has 1 N–H and O–H groups in total. The number of fused-ring (bicyclic) bond motifs is 1. The standard InChI is InChI=1S/C24H17ClNO3P/c25-20-15-22-21(14-18(20)11-9-16-5-2-1-3-6-16)26-24(30-22)29-19-8-4-7-17(13-19)10-12-23(27)28/h1-8,13-15,30H,10,12H2,(H,27,28). The zero-order valence-corrected chi connectivity index (χ0v) is 17.6. The molecule has 0 amide bonds. The Labute approximate surface area is 180 Å². The Morgan fingerprint density at radius 2 is 1.90 bits per heavy atom. The van der Waals surface area contributed by atoms with Gasteiger partial charge >= 0.3 is 5.97 Å². The summed E-state index contributed by atoms with van der Waals surface area (Å²) in [6.07, 6.45) is 0.545. The summed E-state index contributed by atoms with van der Waals surface area (Å²) in [6, 6.07) is 21.0. The molecule has 0 saturated carbocycles. The number of aromatic nitrogens is 1. The number of carboxylic acids is 1. The second kappa shape index (κ2) is 9.05. The number of benzene rings is 3. The number of nitrogens with zero attached hydrogens (tertiary/aromatic N) is 1. The first kappa shape index (κ1) is 20.0. The van der Waals surface area contributed by atoms with Crippen LogP contribution in [0.2, 0.25) is 5.02 Å². The molecular formula is C24H17ClNO3P. The highest BCUT2D eigenvalue weighted by atomic mass is 35.5. The van der Waals surface area contributed by atoms with Crippen molar-refractivity contribution in [1.29, 1.82) is 0 Å². The first-order valence-corrected chi connectivity index (χ1v) is 10.7. The zero-order valence-electron chi connectivity index (χ0n) is 15.9. The molecule has 0 aliphatic rings. The van der Waals surface area contributed by atoms with E-state index < -0.39 is 5.97 Å². The molecule has 4 nitrogen and oxygen atoms in total. The van der Waals surface area contributed by atoms with Crippen LogP contribution in [0.5, 0.6) is 11.4 Å². The molecule has 1 aromatic heterocycles. The van der Waals surface area contributed by atoms with Crippen LogP contribution in [-0.4, -0.2) is 16.1 Å². The number of carboxylic acid groups (broad SMARTS) is 1. The highest BCUT2D eigenvalue weighted by Gasteiger charge is 2.09. The van der Waals surface area contributed by atoms with Crippen LogP contribution in [0.3, 0.4) is 0 Å². The summed E-state index contributed by atoms with van der Waals surface area (Å²) in [7, 11) is 0.259. The molecule has 0 aliphatic carbocycles. The molecule has 0 aliphatic heterocycles. The summed E-state index contributed by atoms with van der Waals surface area (Å²) in [5, 5.41) is 10.5. The van der Waals surface area contributed by atoms with Gasteiger partial charge in [0.05, 0.1) is 10.5 Å². The number of carbonyl (C=O) groups is 1. The van der Waals surface area contributed by atoms with Crippen LogP contribution >= 0.6 is 19.8 Å². The average molecular weight is 434 g/mol. The monoisotopic (exact) mass is 433 g/mol. The van der Waals surface area contributed by atoms with Crippen molar-refractivity contribution in [2.45, 2.75) is 12.8 Å². The Bertz CT molecular complexity index is 1270. The molecule has 0 fully saturated rings. The summed E-state index contributed by atoms with van der Waals surface area (Å²) in [4.78, 5) is 15.4. The molecule has 4 aromatic rings. The van der Waals surface area contributed by atoms with E-state index in [1.807, 2.05) is 66.7 Å². The lowest BCUT2D eigenvalue weighted by Crippen LogP contribution is -1.97. The zero-order chi connectivity index (χ0) is 20.9. The Hall–Kier alpha value is -3.25. The lowest BCUT2D eigenvalue weighted by atomic mass is 10.1. The Morgan fingerprint density at radius 1 is 1.07 bits per heavy atom. The fraction of sp³-hybridized carbons (Fsp3) is 0.0833. The van der Waals surface area contributed by atoms with Gasteiger partial charge in [-0.3, -0.25) is 4.79 Å². The average Bonchev–Trinajstić information content (AvgIpc) is 3.12. The molecule has 30 heavy (non-hydrogen) atoms. The van der Waals surface area contributed by atoms with Gasteiger partial charge in [-0.1, -0.05) is 62.0 Å². The molecule has 148 valence electrons. The van der Waals surface area contributed by atoms with Gasteiger partial charge in [0.2, 0.25) is 5.61 Å². The molecule has 3 aromatic carbocycles. The molecule has 0 radical (unpaired) electrons. The van der Waals surface area contributed by atoms with Crippen LogP contribution in [0.25, 0.3) is 10.6 Å². The van der Waals surface area contributed by atoms with Crippen LogP contribution in [-0.2, 0) is 11.2 Å². The van der Waals surface area contributed by atoms with Gasteiger partial charge in [0.1, 0.15) is 5.75 Å². The van der Waals surface area contributed by atoms with E-state index in [1.54, 1.807) is 0 Å². The Balaban J connectivity index is 1.56. The van der Waals surface area contributed by atoms with Crippen LogP contribution in [0.1, 0.15) is 23.1 Å². The minimum atomic E-state index is -0.818. The maximum atomic E-state index is 10.8. The summed E-state index contributed by atoms with van der Waals surface area (Å²) >= 11 is 6.43. The minimum Gasteiger partial charge on any atom is -0.481 e. The number of rotatable bonds is 5. The van der Waals surface area contributed by atoms with Gasteiger partial charge in [-0.15, -0.1) is 0 Å². The number of ether oxygens (including phenoxy) is 1. The smallest absolute Gasteiger partial charge is 0.303 e. The largest absolute Gasteiger partial charge is 0.481 e. The predicted octanol–water partition coefficient (Wildman–Crippen LogP) is 6.13. The normalized spacial score (nSPS) is 10.7. The molecule has 1 atom stereocenters. The summed E-state index contributed by atoms with van der Waals surface area (Å²) in [5.74, 6) is 6.06. The molecule has 0 spiro atoms. The molecule has 4 rings (SSSR count). The third-order valence-corrected chi connectivity index (χ3v) is 5.82. The van der Waals surface area contributed by atoms with E-state index in [0.29, 0.717) is 22.8 Å². The van der Waals surface area contributed by atoms with E-state index in [9.17, 15) is 4.79 Å². The van der Waals surface area contributed by atoms with Gasteiger partial charge in [0.15, 0.2) is 0 Å². The van der Waals surface area contributed by atoms with E-state index in [2.05, 4.69) is 16.8 Å². The molecular weight excluding hydrogens is 417 g/mol. The molecule has 6 heteroatoms. The van der Waals surface area contributed by atoms with Crippen molar-refractivity contribution < 1.29 is 14.6 Å². The highest BCUT2D eigenvalue weighted by molar-refractivity contribution is 7.39. The lowest BCUT2D eigenvalue weighted by molar-refractivity contribution is -0.136. The van der Waals surface area contributed by atoms with E-state index in [-0.39, 0.29) is 14.6 Å². The van der Waals surface area contributed by atoms with Crippen molar-refractivity contribution >= 4 is 36.4 Å². The van der Waals surface area contributed by atoms with Crippen molar-refractivity contribution in [1.82, 2.24) is 4.98 Å². The van der Waals surface area contributed by atoms with Crippen LogP contribution in [0, 0.1) is 11.8 Å². The van der Waals surface area contributed by atoms with Crippen molar-refractivity contribution in [3.05, 3.63) is 88.4 Å². The van der Waals surface area contributed by atoms with Crippen LogP contribution in [0.15, 0.2) is 66.7 Å². The Morgan fingerprint density at radius 3 is 2.70 bits per heavy atom. The maximum Gasteiger partial charge on any atom is 0.303 e. The highest BCUT2D eigenvalue weighted by Crippen LogP contribution is 2.38. The van der Waals surface area contributed by atoms with Crippen molar-refractivity contribution in [2.75, 3.05) is 0 Å². The summed E-state index contributed by atoms with van der Waals surface area (Å²) in [5.41, 5.74) is 3.98. The second-order valence-electron chi connectivity index (χ2n) is 6.65. The number of aliphatic carboxylic acids is 1. The van der Waals surface area contributed by atoms with Crippen molar-refractivity contribution in [2.24, 2.45) is 0 Å². The molecule has 0 saturated heterocycles. The van der Waals surface area contributed by atoms with Crippen molar-refractivity contribution in [3.8, 4) is 23.2 Å². The van der Waals surface area contributed by atoms with Crippen LogP contribution in [0.4, 0.5) is 0 Å². The minimum absolute atomic E-state index is 0.0862. The van der Waals surface area contributed by atoms with E-state index in [4.69, 9.17) is 21.4 Å². The van der Waals surface area contributed by atoms with E-state index in [0.717, 1.165) is 27.3 Å². The van der Waals surface area contributed by atoms with Gasteiger partial charge < -0.3 is 9.84 Å². The molecule has 1 unspecified atom stereocenters. The fourth-order valence-corrected chi connectivity index (χ4v) is 4.29. The Kier molecular flexibility index (Phi) is 6.05. The SMILES string of the molecule is O=C(O)CCc1cccc(Oc2nc3cc(C#Cc4ccccc4)c(Cl)cc3[pH]2)c1. The predicted molar refractivity (Wildman–Crippen MR) is 121 cm³/mol. The quantitative estimate of drug-likeness (QED) is 0.385. The summed E-state index contributed by atoms with van der Waals surface area (Å²) < 4.78 is 5.95. The number of hydrogen-bond donors (Lipinski definition) is 1. The second-order valence-corrected chi connectivity index (χ2v) is 8.27. The van der Waals surface area contributed by atoms with Gasteiger partial charge in [0.25, 0.3) is 0 Å². The number of hydrogen-bond acceptors (Lipinski definition) is 3. The van der Waals surface area contributed by atoms with E-state index >= 15 is 0 Å². The van der Waals surface area contributed by atoms with E-state index in [1.165, 1.54) is 0 Å². The maximum absolute atomic E-state index is 10.8. The third-order valence-electron chi connectivity index (χ3n) is 4.40. The van der Waals surface area contributed by atoms with Gasteiger partial charge in [-0.25, -0.2) is 4.98 Å². The molecule has 1 heterocycles. The lowest BCUT2D eigenvalue weighted by Gasteiger charge is -2.04. The van der Waals surface area contributed by atoms with Gasteiger partial charge in [-0.05, 0) is 48.4 Å². The number of halogens is 1. The summed E-state index contributed by atoms with van der Waals surface area (Å²) in [6.45, 7) is 0.